The van der Waals surface area contributed by atoms with Crippen LogP contribution in [0.2, 0.25) is 0 Å². The number of methoxy groups -OCH3 is 4. The van der Waals surface area contributed by atoms with E-state index in [1.165, 1.54) is 37.6 Å². The highest BCUT2D eigenvalue weighted by Crippen LogP contribution is 2.48. The van der Waals surface area contributed by atoms with Gasteiger partial charge in [0.05, 0.1) is 50.3 Å². The number of nitrogens with zero attached hydrogens (tertiary/aromatic N) is 2. The van der Waals surface area contributed by atoms with Crippen molar-refractivity contribution in [2.24, 2.45) is 0 Å². The minimum Gasteiger partial charge on any atom is -0.507 e. The second-order valence-electron chi connectivity index (χ2n) is 9.28. The molecule has 0 spiro atoms. The van der Waals surface area contributed by atoms with E-state index in [0.717, 1.165) is 15.8 Å². The Morgan fingerprint density at radius 1 is 0.900 bits per heavy atom. The van der Waals surface area contributed by atoms with Crippen molar-refractivity contribution in [3.63, 3.8) is 0 Å². The number of fused-ring (bicyclic) bond motifs is 1. The van der Waals surface area contributed by atoms with Crippen LogP contribution < -0.4 is 23.8 Å². The largest absolute Gasteiger partial charge is 0.507 e. The van der Waals surface area contributed by atoms with Crippen LogP contribution in [0.4, 0.5) is 5.13 Å². The molecule has 1 unspecified atom stereocenters. The molecule has 0 bridgehead atoms. The molecular weight excluding hydrogens is 532 g/mol. The van der Waals surface area contributed by atoms with Crippen LogP contribution in [0.5, 0.6) is 23.0 Å². The fraction of sp³-hybridized carbons (Fsp3) is 0.233. The minimum absolute atomic E-state index is 0.0650. The summed E-state index contributed by atoms with van der Waals surface area (Å²) in [4.78, 5) is 33.4. The molecule has 1 saturated heterocycles. The maximum Gasteiger partial charge on any atom is 0.301 e. The van der Waals surface area contributed by atoms with Crippen molar-refractivity contribution in [3.8, 4) is 23.0 Å². The topological polar surface area (TPSA) is 107 Å². The summed E-state index contributed by atoms with van der Waals surface area (Å²) in [6, 6.07) is 13.2. The van der Waals surface area contributed by atoms with Crippen molar-refractivity contribution in [3.05, 3.63) is 76.4 Å². The molecule has 1 amide bonds. The van der Waals surface area contributed by atoms with Crippen LogP contribution in [0.1, 0.15) is 28.3 Å². The van der Waals surface area contributed by atoms with Gasteiger partial charge in [0, 0.05) is 5.56 Å². The molecule has 0 radical (unpaired) electrons. The van der Waals surface area contributed by atoms with Crippen molar-refractivity contribution >= 4 is 44.1 Å². The number of anilines is 1. The Morgan fingerprint density at radius 3 is 2.23 bits per heavy atom. The Hall–Kier alpha value is -4.57. The van der Waals surface area contributed by atoms with Crippen LogP contribution in [-0.4, -0.2) is 50.2 Å². The van der Waals surface area contributed by atoms with Crippen molar-refractivity contribution in [2.75, 3.05) is 33.3 Å². The van der Waals surface area contributed by atoms with Crippen molar-refractivity contribution in [1.82, 2.24) is 4.98 Å². The van der Waals surface area contributed by atoms with Gasteiger partial charge in [-0.1, -0.05) is 29.0 Å². The fourth-order valence-electron chi connectivity index (χ4n) is 4.86. The Morgan fingerprint density at radius 2 is 1.60 bits per heavy atom. The standard InChI is InChI=1S/C30H28N2O7S/c1-15-7-8-16(2)19(11-15)26(33)24-25(17-12-21(37-4)28(39-6)22(13-17)38-5)32(29(35)27(24)34)30-31-20-10-9-18(36-3)14-23(20)40-30/h7-14,25,33H,1-6H3. The van der Waals surface area contributed by atoms with Crippen LogP contribution >= 0.6 is 11.3 Å². The van der Waals surface area contributed by atoms with E-state index in [2.05, 4.69) is 4.98 Å². The number of aromatic nitrogens is 1. The lowest BCUT2D eigenvalue weighted by Crippen LogP contribution is -2.29. The molecule has 1 atom stereocenters. The Labute approximate surface area is 235 Å². The number of aliphatic hydroxyl groups excluding tert-OH is 1. The van der Waals surface area contributed by atoms with E-state index < -0.39 is 17.7 Å². The number of hydrogen-bond acceptors (Lipinski definition) is 9. The number of carbonyl (C=O) groups excluding carboxylic acids is 2. The van der Waals surface area contributed by atoms with Gasteiger partial charge in [0.15, 0.2) is 16.6 Å². The molecule has 5 rings (SSSR count). The molecular formula is C30H28N2O7S. The number of carbonyl (C=O) groups is 2. The summed E-state index contributed by atoms with van der Waals surface area (Å²) in [5.41, 5.74) is 3.16. The van der Waals surface area contributed by atoms with Crippen molar-refractivity contribution < 1.29 is 33.6 Å². The van der Waals surface area contributed by atoms with E-state index in [1.807, 2.05) is 32.0 Å². The van der Waals surface area contributed by atoms with Crippen LogP contribution in [0.3, 0.4) is 0 Å². The predicted molar refractivity (Wildman–Crippen MR) is 153 cm³/mol. The van der Waals surface area contributed by atoms with E-state index in [9.17, 15) is 14.7 Å². The lowest BCUT2D eigenvalue weighted by Gasteiger charge is -2.24. The molecule has 1 aliphatic rings. The Kier molecular flexibility index (Phi) is 7.12. The molecule has 10 heteroatoms. The molecule has 1 N–H and O–H groups in total. The SMILES string of the molecule is COc1ccc2nc(N3C(=O)C(=O)C(=C(O)c4cc(C)ccc4C)C3c3cc(OC)c(OC)c(OC)c3)sc2c1. The van der Waals surface area contributed by atoms with Crippen LogP contribution in [-0.2, 0) is 9.59 Å². The molecule has 0 aliphatic carbocycles. The summed E-state index contributed by atoms with van der Waals surface area (Å²) in [6.07, 6.45) is 0. The zero-order valence-electron chi connectivity index (χ0n) is 22.9. The molecule has 3 aromatic carbocycles. The zero-order chi connectivity index (χ0) is 28.7. The van der Waals surface area contributed by atoms with Crippen molar-refractivity contribution in [2.45, 2.75) is 19.9 Å². The lowest BCUT2D eigenvalue weighted by atomic mass is 9.93. The van der Waals surface area contributed by atoms with E-state index >= 15 is 0 Å². The molecule has 1 fully saturated rings. The third-order valence-electron chi connectivity index (χ3n) is 6.89. The number of ether oxygens (including phenoxy) is 4. The van der Waals surface area contributed by atoms with Crippen LogP contribution in [0.15, 0.2) is 54.1 Å². The highest BCUT2D eigenvalue weighted by atomic mass is 32.1. The number of amides is 1. The number of aryl methyl sites for hydroxylation is 2. The number of benzene rings is 3. The Balaban J connectivity index is 1.80. The lowest BCUT2D eigenvalue weighted by molar-refractivity contribution is -0.132. The number of thiazole rings is 1. The van der Waals surface area contributed by atoms with Gasteiger partial charge in [-0.25, -0.2) is 4.98 Å². The first-order chi connectivity index (χ1) is 19.2. The molecule has 9 nitrogen and oxygen atoms in total. The minimum atomic E-state index is -1.03. The summed E-state index contributed by atoms with van der Waals surface area (Å²) in [5.74, 6) is -0.242. The molecule has 206 valence electrons. The molecule has 2 heterocycles. The summed E-state index contributed by atoms with van der Waals surface area (Å²) < 4.78 is 22.7. The number of hydrogen-bond donors (Lipinski definition) is 1. The molecule has 1 aromatic heterocycles. The van der Waals surface area contributed by atoms with Gasteiger partial charge in [-0.2, -0.15) is 0 Å². The van der Waals surface area contributed by atoms with E-state index in [1.54, 1.807) is 37.4 Å². The first-order valence-electron chi connectivity index (χ1n) is 12.4. The zero-order valence-corrected chi connectivity index (χ0v) is 23.7. The fourth-order valence-corrected chi connectivity index (χ4v) is 5.88. The summed E-state index contributed by atoms with van der Waals surface area (Å²) in [7, 11) is 6.02. The highest BCUT2D eigenvalue weighted by Gasteiger charge is 2.48. The van der Waals surface area contributed by atoms with Crippen LogP contribution in [0.25, 0.3) is 16.0 Å². The van der Waals surface area contributed by atoms with E-state index in [0.29, 0.717) is 44.8 Å². The summed E-state index contributed by atoms with van der Waals surface area (Å²) in [5, 5.41) is 11.9. The number of ketones is 1. The quantitative estimate of drug-likeness (QED) is 0.178. The van der Waals surface area contributed by atoms with E-state index in [-0.39, 0.29) is 11.3 Å². The normalized spacial score (nSPS) is 16.4. The van der Waals surface area contributed by atoms with Gasteiger partial charge in [-0.3, -0.25) is 14.5 Å². The maximum atomic E-state index is 13.7. The number of Topliss-reactive ketones (excluding diaryl/α,β-unsaturated/α-hetero) is 1. The van der Waals surface area contributed by atoms with Gasteiger partial charge in [0.1, 0.15) is 11.5 Å². The van der Waals surface area contributed by atoms with E-state index in [4.69, 9.17) is 18.9 Å². The highest BCUT2D eigenvalue weighted by molar-refractivity contribution is 7.22. The van der Waals surface area contributed by atoms with Gasteiger partial charge in [0.2, 0.25) is 5.75 Å². The van der Waals surface area contributed by atoms with Gasteiger partial charge in [-0.05, 0) is 61.4 Å². The third-order valence-corrected chi connectivity index (χ3v) is 7.90. The molecule has 1 aliphatic heterocycles. The average Bonchev–Trinajstić information content (AvgIpc) is 3.50. The summed E-state index contributed by atoms with van der Waals surface area (Å²) in [6.45, 7) is 3.72. The summed E-state index contributed by atoms with van der Waals surface area (Å²) >= 11 is 1.24. The first kappa shape index (κ1) is 27.0. The maximum absolute atomic E-state index is 13.7. The monoisotopic (exact) mass is 560 g/mol. The van der Waals surface area contributed by atoms with Crippen LogP contribution in [0, 0.1) is 13.8 Å². The second kappa shape index (κ2) is 10.5. The number of aliphatic hydroxyl groups is 1. The molecule has 4 aromatic rings. The third kappa shape index (κ3) is 4.40. The first-order valence-corrected chi connectivity index (χ1v) is 13.2. The average molecular weight is 561 g/mol. The van der Waals surface area contributed by atoms with Crippen molar-refractivity contribution in [1.29, 1.82) is 0 Å². The van der Waals surface area contributed by atoms with Gasteiger partial charge in [0.25, 0.3) is 5.78 Å². The van der Waals surface area contributed by atoms with Gasteiger partial charge >= 0.3 is 5.91 Å². The Bertz CT molecular complexity index is 1670. The van der Waals surface area contributed by atoms with Gasteiger partial charge in [-0.15, -0.1) is 0 Å². The smallest absolute Gasteiger partial charge is 0.301 e. The predicted octanol–water partition coefficient (Wildman–Crippen LogP) is 5.57. The number of rotatable bonds is 7. The second-order valence-corrected chi connectivity index (χ2v) is 10.3. The van der Waals surface area contributed by atoms with Gasteiger partial charge < -0.3 is 24.1 Å². The molecule has 0 saturated carbocycles. The molecule has 40 heavy (non-hydrogen) atoms.